The van der Waals surface area contributed by atoms with Crippen LogP contribution in [0.1, 0.15) is 38.5 Å². The van der Waals surface area contributed by atoms with E-state index < -0.39 is 10.0 Å². The topological polar surface area (TPSA) is 67.2 Å². The van der Waals surface area contributed by atoms with E-state index >= 15 is 0 Å². The summed E-state index contributed by atoms with van der Waals surface area (Å²) in [7, 11) is 0.185. The highest BCUT2D eigenvalue weighted by molar-refractivity contribution is 7.89. The quantitative estimate of drug-likeness (QED) is 0.774. The molecule has 21 heavy (non-hydrogen) atoms. The van der Waals surface area contributed by atoms with Gasteiger partial charge in [-0.15, -0.1) is 0 Å². The van der Waals surface area contributed by atoms with Crippen molar-refractivity contribution in [3.05, 3.63) is 12.4 Å². The van der Waals surface area contributed by atoms with Crippen molar-refractivity contribution in [2.75, 3.05) is 20.6 Å². The number of hydrogen-bond acceptors (Lipinski definition) is 4. The van der Waals surface area contributed by atoms with Gasteiger partial charge >= 0.3 is 0 Å². The lowest BCUT2D eigenvalue weighted by Gasteiger charge is -2.29. The molecule has 0 spiro atoms. The van der Waals surface area contributed by atoms with Crippen molar-refractivity contribution in [2.24, 2.45) is 0 Å². The molecule has 0 bridgehead atoms. The first-order valence-electron chi connectivity index (χ1n) is 7.71. The van der Waals surface area contributed by atoms with Gasteiger partial charge < -0.3 is 5.32 Å². The smallest absolute Gasteiger partial charge is 0.246 e. The van der Waals surface area contributed by atoms with Gasteiger partial charge in [0.05, 0.1) is 6.20 Å². The first kappa shape index (κ1) is 16.5. The Bertz CT molecular complexity index is 535. The molecular formula is C14H26N4O2S. The number of rotatable bonds is 7. The lowest BCUT2D eigenvalue weighted by Crippen LogP contribution is -2.38. The molecule has 1 N–H and O–H groups in total. The Labute approximate surface area is 127 Å². The van der Waals surface area contributed by atoms with Crippen LogP contribution in [0.4, 0.5) is 0 Å². The molecule has 1 saturated carbocycles. The van der Waals surface area contributed by atoms with E-state index in [9.17, 15) is 8.42 Å². The van der Waals surface area contributed by atoms with Gasteiger partial charge in [-0.1, -0.05) is 19.3 Å². The van der Waals surface area contributed by atoms with E-state index in [2.05, 4.69) is 10.4 Å². The summed E-state index contributed by atoms with van der Waals surface area (Å²) >= 11 is 0. The molecule has 0 aromatic carbocycles. The largest absolute Gasteiger partial charge is 0.320 e. The minimum atomic E-state index is -3.41. The summed E-state index contributed by atoms with van der Waals surface area (Å²) in [6.07, 6.45) is 9.42. The summed E-state index contributed by atoms with van der Waals surface area (Å²) in [5, 5.41) is 7.23. The van der Waals surface area contributed by atoms with Crippen molar-refractivity contribution in [3.63, 3.8) is 0 Å². The number of aryl methyl sites for hydroxylation is 1. The van der Waals surface area contributed by atoms with Crippen LogP contribution in [0.25, 0.3) is 0 Å². The van der Waals surface area contributed by atoms with E-state index in [4.69, 9.17) is 0 Å². The van der Waals surface area contributed by atoms with Crippen LogP contribution in [0.2, 0.25) is 0 Å². The molecule has 0 saturated heterocycles. The Morgan fingerprint density at radius 1 is 1.38 bits per heavy atom. The van der Waals surface area contributed by atoms with Gasteiger partial charge in [-0.2, -0.15) is 9.40 Å². The molecule has 6 nitrogen and oxygen atoms in total. The Balaban J connectivity index is 2.04. The molecule has 0 unspecified atom stereocenters. The average Bonchev–Trinajstić information content (AvgIpc) is 2.97. The lowest BCUT2D eigenvalue weighted by atomic mass is 9.96. The summed E-state index contributed by atoms with van der Waals surface area (Å²) in [6, 6.07) is 0.136. The van der Waals surface area contributed by atoms with Crippen LogP contribution in [-0.2, 0) is 16.6 Å². The molecule has 0 radical (unpaired) electrons. The fourth-order valence-electron chi connectivity index (χ4n) is 2.83. The molecule has 7 heteroatoms. The van der Waals surface area contributed by atoms with Gasteiger partial charge in [-0.05, 0) is 32.9 Å². The van der Waals surface area contributed by atoms with E-state index in [1.54, 1.807) is 22.2 Å². The maximum Gasteiger partial charge on any atom is 0.246 e. The average molecular weight is 314 g/mol. The van der Waals surface area contributed by atoms with Crippen LogP contribution < -0.4 is 5.32 Å². The third-order valence-electron chi connectivity index (χ3n) is 4.19. The molecule has 0 aliphatic heterocycles. The van der Waals surface area contributed by atoms with Crippen LogP contribution in [0, 0.1) is 0 Å². The highest BCUT2D eigenvalue weighted by atomic mass is 32.2. The van der Waals surface area contributed by atoms with Gasteiger partial charge in [0.1, 0.15) is 4.90 Å². The molecule has 2 rings (SSSR count). The zero-order valence-corrected chi connectivity index (χ0v) is 13.8. The molecule has 1 aromatic rings. The van der Waals surface area contributed by atoms with Gasteiger partial charge in [-0.3, -0.25) is 4.68 Å². The zero-order chi connectivity index (χ0) is 15.3. The zero-order valence-electron chi connectivity index (χ0n) is 13.0. The van der Waals surface area contributed by atoms with Crippen LogP contribution in [0.3, 0.4) is 0 Å². The van der Waals surface area contributed by atoms with Crippen molar-refractivity contribution >= 4 is 10.0 Å². The first-order valence-corrected chi connectivity index (χ1v) is 9.15. The summed E-state index contributed by atoms with van der Waals surface area (Å²) in [6.45, 7) is 1.62. The van der Waals surface area contributed by atoms with Gasteiger partial charge in [0.25, 0.3) is 0 Å². The van der Waals surface area contributed by atoms with Crippen molar-refractivity contribution < 1.29 is 8.42 Å². The molecule has 120 valence electrons. The lowest BCUT2D eigenvalue weighted by molar-refractivity contribution is 0.286. The van der Waals surface area contributed by atoms with Gasteiger partial charge in [0, 0.05) is 25.8 Å². The Morgan fingerprint density at radius 3 is 2.76 bits per heavy atom. The molecule has 1 aromatic heterocycles. The second kappa shape index (κ2) is 7.38. The van der Waals surface area contributed by atoms with Crippen molar-refractivity contribution in [2.45, 2.75) is 56.0 Å². The fraction of sp³-hybridized carbons (Fsp3) is 0.786. The summed E-state index contributed by atoms with van der Waals surface area (Å²) in [4.78, 5) is 0.306. The Kier molecular flexibility index (Phi) is 5.78. The predicted molar refractivity (Wildman–Crippen MR) is 82.6 cm³/mol. The van der Waals surface area contributed by atoms with Crippen LogP contribution in [0.15, 0.2) is 17.3 Å². The molecule has 1 aliphatic carbocycles. The van der Waals surface area contributed by atoms with Crippen molar-refractivity contribution in [1.82, 2.24) is 19.4 Å². The summed E-state index contributed by atoms with van der Waals surface area (Å²) < 4.78 is 28.5. The normalized spacial score (nSPS) is 17.5. The highest BCUT2D eigenvalue weighted by Crippen LogP contribution is 2.26. The molecular weight excluding hydrogens is 288 g/mol. The van der Waals surface area contributed by atoms with Crippen molar-refractivity contribution in [1.29, 1.82) is 0 Å². The van der Waals surface area contributed by atoms with E-state index in [1.807, 2.05) is 7.05 Å². The van der Waals surface area contributed by atoms with Crippen LogP contribution in [-0.4, -0.2) is 49.2 Å². The second-order valence-electron chi connectivity index (χ2n) is 5.71. The van der Waals surface area contributed by atoms with E-state index in [-0.39, 0.29) is 6.04 Å². The Hall–Kier alpha value is -0.920. The highest BCUT2D eigenvalue weighted by Gasteiger charge is 2.29. The van der Waals surface area contributed by atoms with E-state index in [1.165, 1.54) is 12.6 Å². The second-order valence-corrected chi connectivity index (χ2v) is 7.71. The minimum Gasteiger partial charge on any atom is -0.320 e. The van der Waals surface area contributed by atoms with Gasteiger partial charge in [0.2, 0.25) is 10.0 Å². The summed E-state index contributed by atoms with van der Waals surface area (Å²) in [5.74, 6) is 0. The number of nitrogens with one attached hydrogen (secondary N) is 1. The minimum absolute atomic E-state index is 0.136. The SMILES string of the molecule is CNCCCn1cc(S(=O)(=O)N(C)C2CCCCC2)cn1. The molecule has 1 fully saturated rings. The van der Waals surface area contributed by atoms with Gasteiger partial charge in [0.15, 0.2) is 0 Å². The molecule has 0 amide bonds. The monoisotopic (exact) mass is 314 g/mol. The number of sulfonamides is 1. The first-order chi connectivity index (χ1) is 10.1. The van der Waals surface area contributed by atoms with E-state index in [0.29, 0.717) is 4.90 Å². The van der Waals surface area contributed by atoms with Crippen LogP contribution >= 0.6 is 0 Å². The third-order valence-corrected chi connectivity index (χ3v) is 6.05. The van der Waals surface area contributed by atoms with Crippen molar-refractivity contribution in [3.8, 4) is 0 Å². The molecule has 1 heterocycles. The predicted octanol–water partition coefficient (Wildman–Crippen LogP) is 1.45. The van der Waals surface area contributed by atoms with Gasteiger partial charge in [-0.25, -0.2) is 8.42 Å². The standard InChI is InChI=1S/C14H26N4O2S/c1-15-9-6-10-18-12-14(11-16-18)21(19,20)17(2)13-7-4-3-5-8-13/h11-13,15H,3-10H2,1-2H3. The number of nitrogens with zero attached hydrogens (tertiary/aromatic N) is 3. The maximum absolute atomic E-state index is 12.6. The fourth-order valence-corrected chi connectivity index (χ4v) is 4.20. The third kappa shape index (κ3) is 4.05. The Morgan fingerprint density at radius 2 is 2.10 bits per heavy atom. The molecule has 0 atom stereocenters. The van der Waals surface area contributed by atoms with Crippen LogP contribution in [0.5, 0.6) is 0 Å². The number of aromatic nitrogens is 2. The van der Waals surface area contributed by atoms with E-state index in [0.717, 1.165) is 45.2 Å². The summed E-state index contributed by atoms with van der Waals surface area (Å²) in [5.41, 5.74) is 0. The molecule has 1 aliphatic rings. The number of hydrogen-bond donors (Lipinski definition) is 1. The maximum atomic E-state index is 12.6.